The number of benzene rings is 1. The average Bonchev–Trinajstić information content (AvgIpc) is 2.72. The molecule has 2 rings (SSSR count). The highest BCUT2D eigenvalue weighted by atomic mass is 16.5. The topological polar surface area (TPSA) is 76.2 Å². The molecule has 6 heteroatoms. The van der Waals surface area contributed by atoms with Crippen LogP contribution in [0.5, 0.6) is 0 Å². The van der Waals surface area contributed by atoms with Crippen LogP contribution in [-0.2, 0) is 0 Å². The Morgan fingerprint density at radius 3 is 2.21 bits per heavy atom. The molecule has 0 aliphatic rings. The Bertz CT molecular complexity index is 565. The predicted octanol–water partition coefficient (Wildman–Crippen LogP) is 2.36. The van der Waals surface area contributed by atoms with Crippen LogP contribution in [0.15, 0.2) is 16.5 Å². The van der Waals surface area contributed by atoms with Crippen LogP contribution in [0.2, 0.25) is 0 Å². The Balaban J connectivity index is 2.63. The second-order valence-corrected chi connectivity index (χ2v) is 4.13. The van der Waals surface area contributed by atoms with E-state index in [1.165, 1.54) is 0 Å². The van der Waals surface area contributed by atoms with E-state index in [-0.39, 0.29) is 6.01 Å². The minimum atomic E-state index is 0.224. The molecular formula is C13H20N4O2. The Hall–Kier alpha value is -2.11. The maximum absolute atomic E-state index is 12.3. The molecule has 6 nitrogen and oxygen atoms in total. The zero-order valence-corrected chi connectivity index (χ0v) is 11.5. The average molecular weight is 264 g/mol. The molecule has 0 atom stereocenters. The van der Waals surface area contributed by atoms with Gasteiger partial charge in [0.1, 0.15) is 0 Å². The lowest BCUT2D eigenvalue weighted by Crippen LogP contribution is -2.29. The molecule has 104 valence electrons. The summed E-state index contributed by atoms with van der Waals surface area (Å²) >= 11 is 0. The van der Waals surface area contributed by atoms with Crippen LogP contribution >= 0.6 is 0 Å². The Kier molecular flexibility index (Phi) is 3.99. The first-order chi connectivity index (χ1) is 9.22. The summed E-state index contributed by atoms with van der Waals surface area (Å²) in [4.78, 5) is 0. The predicted molar refractivity (Wildman–Crippen MR) is 77.7 cm³/mol. The number of rotatable bonds is 6. The van der Waals surface area contributed by atoms with Gasteiger partial charge in [0.05, 0.1) is 17.9 Å². The van der Waals surface area contributed by atoms with Crippen LogP contribution in [0.1, 0.15) is 20.8 Å². The van der Waals surface area contributed by atoms with Gasteiger partial charge in [0.2, 0.25) is 11.1 Å². The molecule has 19 heavy (non-hydrogen) atoms. The third kappa shape index (κ3) is 2.38. The molecule has 0 radical (unpaired) electrons. The molecule has 1 heterocycles. The highest BCUT2D eigenvalue weighted by Gasteiger charge is 2.20. The number of hydrogen-bond donors (Lipinski definition) is 3. The lowest BCUT2D eigenvalue weighted by molar-refractivity contribution is -0.565. The molecular weight excluding hydrogens is 244 g/mol. The van der Waals surface area contributed by atoms with Gasteiger partial charge in [-0.15, -0.1) is 0 Å². The summed E-state index contributed by atoms with van der Waals surface area (Å²) in [6, 6.07) is 4.04. The highest BCUT2D eigenvalue weighted by Crippen LogP contribution is 2.30. The summed E-state index contributed by atoms with van der Waals surface area (Å²) in [6.07, 6.45) is 0. The number of anilines is 3. The summed E-state index contributed by atoms with van der Waals surface area (Å²) in [5, 5.41) is 21.6. The normalized spacial score (nSPS) is 10.7. The van der Waals surface area contributed by atoms with Gasteiger partial charge in [-0.05, 0) is 32.9 Å². The molecule has 0 spiro atoms. The molecule has 0 saturated carbocycles. The molecule has 0 saturated heterocycles. The second kappa shape index (κ2) is 5.69. The lowest BCUT2D eigenvalue weighted by atomic mass is 10.2. The van der Waals surface area contributed by atoms with Gasteiger partial charge in [0.25, 0.3) is 0 Å². The third-order valence-electron chi connectivity index (χ3n) is 2.78. The minimum absolute atomic E-state index is 0.224. The first-order valence-corrected chi connectivity index (χ1v) is 6.63. The van der Waals surface area contributed by atoms with Crippen molar-refractivity contribution in [3.05, 3.63) is 17.3 Å². The van der Waals surface area contributed by atoms with E-state index in [0.717, 1.165) is 29.2 Å². The molecule has 2 aromatic rings. The maximum atomic E-state index is 12.3. The molecule has 0 aliphatic carbocycles. The van der Waals surface area contributed by atoms with E-state index in [2.05, 4.69) is 16.0 Å². The molecule has 0 aliphatic heterocycles. The van der Waals surface area contributed by atoms with Crippen molar-refractivity contribution in [1.82, 2.24) is 0 Å². The van der Waals surface area contributed by atoms with Crippen LogP contribution in [0, 0.1) is 5.21 Å². The summed E-state index contributed by atoms with van der Waals surface area (Å²) in [6.45, 7) is 8.07. The maximum Gasteiger partial charge on any atom is 0.458 e. The molecule has 0 unspecified atom stereocenters. The molecule has 0 bridgehead atoms. The fourth-order valence-electron chi connectivity index (χ4n) is 2.04. The summed E-state index contributed by atoms with van der Waals surface area (Å²) in [5.74, 6) is 0. The van der Waals surface area contributed by atoms with Gasteiger partial charge in [-0.3, -0.25) is 0 Å². The van der Waals surface area contributed by atoms with Gasteiger partial charge in [-0.2, -0.15) is 4.73 Å². The van der Waals surface area contributed by atoms with Crippen molar-refractivity contribution in [2.75, 3.05) is 35.6 Å². The van der Waals surface area contributed by atoms with E-state index in [1.807, 2.05) is 32.9 Å². The zero-order chi connectivity index (χ0) is 13.8. The Morgan fingerprint density at radius 1 is 1.00 bits per heavy atom. The highest BCUT2D eigenvalue weighted by molar-refractivity contribution is 5.93. The number of nitrogens with one attached hydrogen (secondary N) is 3. The fourth-order valence-corrected chi connectivity index (χ4v) is 2.04. The lowest BCUT2D eigenvalue weighted by Gasteiger charge is -2.08. The van der Waals surface area contributed by atoms with Gasteiger partial charge < -0.3 is 20.3 Å². The van der Waals surface area contributed by atoms with Crippen molar-refractivity contribution in [2.45, 2.75) is 20.8 Å². The van der Waals surface area contributed by atoms with Gasteiger partial charge in [0.15, 0.2) is 0 Å². The van der Waals surface area contributed by atoms with E-state index >= 15 is 0 Å². The van der Waals surface area contributed by atoms with Crippen LogP contribution < -0.4 is 20.7 Å². The van der Waals surface area contributed by atoms with Crippen LogP contribution in [0.3, 0.4) is 0 Å². The van der Waals surface area contributed by atoms with Crippen LogP contribution in [0.4, 0.5) is 17.4 Å². The summed E-state index contributed by atoms with van der Waals surface area (Å²) < 4.78 is 6.45. The largest absolute Gasteiger partial charge is 0.708 e. The van der Waals surface area contributed by atoms with E-state index in [4.69, 9.17) is 4.42 Å². The minimum Gasteiger partial charge on any atom is -0.708 e. The first-order valence-electron chi connectivity index (χ1n) is 6.63. The Morgan fingerprint density at radius 2 is 1.58 bits per heavy atom. The molecule has 1 aromatic carbocycles. The quantitative estimate of drug-likeness (QED) is 0.551. The number of oxazole rings is 1. The standard InChI is InChI=1S/C13H20N4O2/c1-4-14-9-7-8-10(15-5-2)12-11(9)17(18)13(19-12)16-6-3/h7-8,14-16H,4-6H2,1-3H3. The SMILES string of the molecule is CCNc1ccc(NCC)c2c1oc(NCC)[n+]2[O-]. The van der Waals surface area contributed by atoms with E-state index in [1.54, 1.807) is 0 Å². The van der Waals surface area contributed by atoms with Crippen LogP contribution in [0.25, 0.3) is 11.1 Å². The van der Waals surface area contributed by atoms with E-state index in [0.29, 0.717) is 17.6 Å². The smallest absolute Gasteiger partial charge is 0.458 e. The number of fused-ring (bicyclic) bond motifs is 1. The fraction of sp³-hybridized carbons (Fsp3) is 0.462. The summed E-state index contributed by atoms with van der Waals surface area (Å²) in [7, 11) is 0. The zero-order valence-electron chi connectivity index (χ0n) is 11.5. The summed E-state index contributed by atoms with van der Waals surface area (Å²) in [5.41, 5.74) is 2.71. The Labute approximate surface area is 112 Å². The van der Waals surface area contributed by atoms with Crippen molar-refractivity contribution >= 4 is 28.5 Å². The molecule has 3 N–H and O–H groups in total. The number of aromatic nitrogens is 1. The van der Waals surface area contributed by atoms with Gasteiger partial charge in [-0.25, -0.2) is 5.32 Å². The van der Waals surface area contributed by atoms with Gasteiger partial charge in [-0.1, -0.05) is 0 Å². The number of nitrogens with zero attached hydrogens (tertiary/aromatic N) is 1. The second-order valence-electron chi connectivity index (χ2n) is 4.13. The van der Waals surface area contributed by atoms with Crippen molar-refractivity contribution in [1.29, 1.82) is 0 Å². The van der Waals surface area contributed by atoms with Crippen molar-refractivity contribution in [2.24, 2.45) is 0 Å². The number of hydrogen-bond acceptors (Lipinski definition) is 5. The van der Waals surface area contributed by atoms with Crippen molar-refractivity contribution in [3.8, 4) is 0 Å². The molecule has 1 aromatic heterocycles. The molecule has 0 fully saturated rings. The molecule has 0 amide bonds. The first kappa shape index (κ1) is 13.3. The van der Waals surface area contributed by atoms with E-state index < -0.39 is 0 Å². The van der Waals surface area contributed by atoms with Crippen molar-refractivity contribution in [3.63, 3.8) is 0 Å². The third-order valence-corrected chi connectivity index (χ3v) is 2.78. The monoisotopic (exact) mass is 264 g/mol. The van der Waals surface area contributed by atoms with E-state index in [9.17, 15) is 5.21 Å². The van der Waals surface area contributed by atoms with Crippen LogP contribution in [-0.4, -0.2) is 19.6 Å². The van der Waals surface area contributed by atoms with Crippen molar-refractivity contribution < 1.29 is 9.15 Å². The van der Waals surface area contributed by atoms with Gasteiger partial charge in [0, 0.05) is 13.1 Å². The van der Waals surface area contributed by atoms with Gasteiger partial charge >= 0.3 is 6.01 Å².